The van der Waals surface area contributed by atoms with Gasteiger partial charge in [0.2, 0.25) is 0 Å². The van der Waals surface area contributed by atoms with E-state index in [1.807, 2.05) is 37.3 Å². The molecule has 2 N–H and O–H groups in total. The Kier molecular flexibility index (Phi) is 9.48. The van der Waals surface area contributed by atoms with Gasteiger partial charge in [0.15, 0.2) is 6.10 Å². The molecule has 7 nitrogen and oxygen atoms in total. The van der Waals surface area contributed by atoms with Gasteiger partial charge >= 0.3 is 12.1 Å². The Bertz CT molecular complexity index is 640. The number of carbonyl (C=O) groups is 3. The van der Waals surface area contributed by atoms with Crippen LogP contribution in [0.4, 0.5) is 4.79 Å². The molecule has 0 aliphatic carbocycles. The molecule has 1 aromatic rings. The average molecular weight is 392 g/mol. The number of alkyl carbamates (subject to hydrolysis) is 1. The summed E-state index contributed by atoms with van der Waals surface area (Å²) in [6, 6.07) is 9.55. The minimum atomic E-state index is -0.919. The monoisotopic (exact) mass is 392 g/mol. The smallest absolute Gasteiger partial charge is 0.407 e. The van der Waals surface area contributed by atoms with Gasteiger partial charge in [-0.1, -0.05) is 43.7 Å². The number of benzene rings is 1. The highest BCUT2D eigenvalue weighted by molar-refractivity contribution is 5.83. The Morgan fingerprint density at radius 3 is 2.32 bits per heavy atom. The second kappa shape index (κ2) is 11.3. The van der Waals surface area contributed by atoms with Gasteiger partial charge in [-0.15, -0.1) is 0 Å². The first-order chi connectivity index (χ1) is 13.1. The summed E-state index contributed by atoms with van der Waals surface area (Å²) in [7, 11) is 0. The van der Waals surface area contributed by atoms with E-state index in [0.29, 0.717) is 0 Å². The molecule has 156 valence electrons. The number of rotatable bonds is 9. The molecule has 0 aliphatic heterocycles. The Morgan fingerprint density at radius 1 is 1.11 bits per heavy atom. The molecule has 1 aromatic carbocycles. The topological polar surface area (TPSA) is 93.7 Å². The summed E-state index contributed by atoms with van der Waals surface area (Å²) in [6.07, 6.45) is 0.127. The number of esters is 1. The third-order valence-corrected chi connectivity index (χ3v) is 3.77. The minimum Gasteiger partial charge on any atom is -0.452 e. The highest BCUT2D eigenvalue weighted by Gasteiger charge is 2.22. The van der Waals surface area contributed by atoms with E-state index in [1.165, 1.54) is 6.92 Å². The minimum absolute atomic E-state index is 0.0477. The molecule has 0 radical (unpaired) electrons. The van der Waals surface area contributed by atoms with Crippen LogP contribution in [-0.4, -0.2) is 36.2 Å². The molecular weight excluding hydrogens is 360 g/mol. The lowest BCUT2D eigenvalue weighted by molar-refractivity contribution is -0.155. The molecule has 0 heterocycles. The number of ether oxygens (including phenoxy) is 2. The second-order valence-corrected chi connectivity index (χ2v) is 7.57. The third-order valence-electron chi connectivity index (χ3n) is 3.77. The summed E-state index contributed by atoms with van der Waals surface area (Å²) in [5.41, 5.74) is 0.406. The van der Waals surface area contributed by atoms with Crippen LogP contribution in [0.15, 0.2) is 30.3 Å². The van der Waals surface area contributed by atoms with Crippen molar-refractivity contribution in [2.45, 2.75) is 71.6 Å². The molecule has 0 saturated heterocycles. The van der Waals surface area contributed by atoms with Crippen LogP contribution in [0.3, 0.4) is 0 Å². The second-order valence-electron chi connectivity index (χ2n) is 7.57. The van der Waals surface area contributed by atoms with E-state index in [4.69, 9.17) is 9.47 Å². The van der Waals surface area contributed by atoms with Crippen molar-refractivity contribution in [1.29, 1.82) is 0 Å². The van der Waals surface area contributed by atoms with Crippen molar-refractivity contribution >= 4 is 18.0 Å². The predicted octanol–water partition coefficient (Wildman–Crippen LogP) is 3.49. The van der Waals surface area contributed by atoms with Gasteiger partial charge in [-0.2, -0.15) is 0 Å². The van der Waals surface area contributed by atoms with Crippen LogP contribution >= 0.6 is 0 Å². The van der Waals surface area contributed by atoms with Gasteiger partial charge in [-0.05, 0) is 39.7 Å². The fraction of sp³-hybridized carbons (Fsp3) is 0.571. The van der Waals surface area contributed by atoms with E-state index in [9.17, 15) is 14.4 Å². The zero-order chi connectivity index (χ0) is 21.2. The van der Waals surface area contributed by atoms with E-state index in [-0.39, 0.29) is 24.9 Å². The number of amides is 2. The summed E-state index contributed by atoms with van der Waals surface area (Å²) < 4.78 is 10.2. The lowest BCUT2D eigenvalue weighted by Gasteiger charge is -2.21. The lowest BCUT2D eigenvalue weighted by atomic mass is 10.0. The first kappa shape index (κ1) is 23.5. The Hall–Kier alpha value is -2.57. The largest absolute Gasteiger partial charge is 0.452 e. The third kappa shape index (κ3) is 9.39. The summed E-state index contributed by atoms with van der Waals surface area (Å²) in [6.45, 7) is 8.91. The zero-order valence-corrected chi connectivity index (χ0v) is 17.4. The van der Waals surface area contributed by atoms with Crippen molar-refractivity contribution in [3.63, 3.8) is 0 Å². The first-order valence-electron chi connectivity index (χ1n) is 9.64. The fourth-order valence-corrected chi connectivity index (χ4v) is 2.48. The van der Waals surface area contributed by atoms with Gasteiger partial charge in [-0.25, -0.2) is 4.79 Å². The molecule has 0 spiro atoms. The van der Waals surface area contributed by atoms with E-state index in [1.54, 1.807) is 20.8 Å². The van der Waals surface area contributed by atoms with Crippen LogP contribution in [0.1, 0.15) is 65.5 Å². The molecule has 0 fully saturated rings. The molecule has 2 atom stereocenters. The van der Waals surface area contributed by atoms with Crippen LogP contribution < -0.4 is 10.6 Å². The maximum atomic E-state index is 12.4. The standard InChI is InChI=1S/C21H32N2O5/c1-6-10-17(16-11-8-7-9-12-16)23-19(25)15(2)27-18(24)13-14-22-20(26)28-21(3,4)5/h7-9,11-12,15,17H,6,10,13-14H2,1-5H3,(H,22,26)(H,23,25)/t15-,17-/m1/s1. The van der Waals surface area contributed by atoms with E-state index >= 15 is 0 Å². The number of hydrogen-bond acceptors (Lipinski definition) is 5. The van der Waals surface area contributed by atoms with Crippen molar-refractivity contribution in [2.75, 3.05) is 6.54 Å². The van der Waals surface area contributed by atoms with Crippen molar-refractivity contribution < 1.29 is 23.9 Å². The van der Waals surface area contributed by atoms with Gasteiger partial charge in [0.05, 0.1) is 12.5 Å². The Labute approximate surface area is 167 Å². The van der Waals surface area contributed by atoms with Gasteiger partial charge in [0.25, 0.3) is 5.91 Å². The van der Waals surface area contributed by atoms with Crippen LogP contribution in [0.5, 0.6) is 0 Å². The average Bonchev–Trinajstić information content (AvgIpc) is 2.60. The highest BCUT2D eigenvalue weighted by Crippen LogP contribution is 2.18. The van der Waals surface area contributed by atoms with Crippen LogP contribution in [0.25, 0.3) is 0 Å². The fourth-order valence-electron chi connectivity index (χ4n) is 2.48. The predicted molar refractivity (Wildman–Crippen MR) is 107 cm³/mol. The number of hydrogen-bond donors (Lipinski definition) is 2. The van der Waals surface area contributed by atoms with Gasteiger partial charge < -0.3 is 20.1 Å². The van der Waals surface area contributed by atoms with Crippen molar-refractivity contribution in [3.8, 4) is 0 Å². The van der Waals surface area contributed by atoms with Crippen molar-refractivity contribution in [1.82, 2.24) is 10.6 Å². The van der Waals surface area contributed by atoms with Crippen LogP contribution in [0, 0.1) is 0 Å². The molecule has 1 rings (SSSR count). The van der Waals surface area contributed by atoms with Gasteiger partial charge in [0, 0.05) is 6.54 Å². The van der Waals surface area contributed by atoms with Crippen molar-refractivity contribution in [3.05, 3.63) is 35.9 Å². The molecule has 0 saturated carbocycles. The quantitative estimate of drug-likeness (QED) is 0.628. The van der Waals surface area contributed by atoms with Crippen molar-refractivity contribution in [2.24, 2.45) is 0 Å². The molecule has 0 aromatic heterocycles. The Balaban J connectivity index is 2.43. The van der Waals surface area contributed by atoms with E-state index in [2.05, 4.69) is 10.6 Å². The van der Waals surface area contributed by atoms with E-state index < -0.39 is 23.8 Å². The SMILES string of the molecule is CCC[C@@H](NC(=O)[C@@H](C)OC(=O)CCNC(=O)OC(C)(C)C)c1ccccc1. The molecule has 0 bridgehead atoms. The summed E-state index contributed by atoms with van der Waals surface area (Å²) >= 11 is 0. The van der Waals surface area contributed by atoms with Gasteiger partial charge in [-0.3, -0.25) is 9.59 Å². The number of nitrogens with one attached hydrogen (secondary N) is 2. The first-order valence-corrected chi connectivity index (χ1v) is 9.64. The summed E-state index contributed by atoms with van der Waals surface area (Å²) in [4.78, 5) is 35.8. The van der Waals surface area contributed by atoms with Crippen LogP contribution in [0.2, 0.25) is 0 Å². The van der Waals surface area contributed by atoms with E-state index in [0.717, 1.165) is 18.4 Å². The molecular formula is C21H32N2O5. The number of carbonyl (C=O) groups excluding carboxylic acids is 3. The normalized spacial score (nSPS) is 13.2. The molecule has 28 heavy (non-hydrogen) atoms. The molecule has 7 heteroatoms. The van der Waals surface area contributed by atoms with Gasteiger partial charge in [0.1, 0.15) is 5.60 Å². The lowest BCUT2D eigenvalue weighted by Crippen LogP contribution is -2.39. The highest BCUT2D eigenvalue weighted by atomic mass is 16.6. The summed E-state index contributed by atoms with van der Waals surface area (Å²) in [5, 5.41) is 5.41. The Morgan fingerprint density at radius 2 is 1.75 bits per heavy atom. The van der Waals surface area contributed by atoms with Crippen LogP contribution in [-0.2, 0) is 19.1 Å². The summed E-state index contributed by atoms with van der Waals surface area (Å²) in [5.74, 6) is -0.916. The molecule has 0 unspecified atom stereocenters. The molecule has 0 aliphatic rings. The zero-order valence-electron chi connectivity index (χ0n) is 17.4. The molecule has 2 amide bonds. The maximum Gasteiger partial charge on any atom is 0.407 e. The maximum absolute atomic E-state index is 12.4.